The first-order valence-corrected chi connectivity index (χ1v) is 7.57. The fourth-order valence-corrected chi connectivity index (χ4v) is 2.51. The molecule has 116 valence electrons. The molecule has 22 heavy (non-hydrogen) atoms. The first kappa shape index (κ1) is 14.6. The van der Waals surface area contributed by atoms with Crippen LogP contribution in [0.15, 0.2) is 29.0 Å². The number of likely N-dealkylation sites (tertiary alicyclic amines) is 1. The van der Waals surface area contributed by atoms with Gasteiger partial charge in [0, 0.05) is 31.0 Å². The lowest BCUT2D eigenvalue weighted by molar-refractivity contribution is 0.0903. The number of piperidine rings is 1. The van der Waals surface area contributed by atoms with E-state index in [1.807, 2.05) is 6.07 Å². The molecule has 1 N–H and O–H groups in total. The maximum absolute atomic E-state index is 12.0. The molecule has 2 aromatic rings. The number of carbonyl (C=O) groups excluding carboxylic acids is 1. The van der Waals surface area contributed by atoms with Crippen molar-refractivity contribution in [3.8, 4) is 11.4 Å². The third-order valence-corrected chi connectivity index (χ3v) is 3.70. The van der Waals surface area contributed by atoms with Crippen LogP contribution in [-0.4, -0.2) is 52.1 Å². The van der Waals surface area contributed by atoms with Crippen LogP contribution in [0.4, 0.5) is 0 Å². The Hall–Kier alpha value is -2.28. The summed E-state index contributed by atoms with van der Waals surface area (Å²) in [6, 6.07) is 3.60. The molecule has 1 aliphatic heterocycles. The van der Waals surface area contributed by atoms with E-state index in [2.05, 4.69) is 25.3 Å². The van der Waals surface area contributed by atoms with E-state index in [9.17, 15) is 4.79 Å². The number of nitrogens with zero attached hydrogens (tertiary/aromatic N) is 4. The van der Waals surface area contributed by atoms with Crippen molar-refractivity contribution in [3.63, 3.8) is 0 Å². The van der Waals surface area contributed by atoms with Crippen LogP contribution >= 0.6 is 0 Å². The van der Waals surface area contributed by atoms with E-state index in [1.165, 1.54) is 19.3 Å². The first-order valence-electron chi connectivity index (χ1n) is 7.57. The van der Waals surface area contributed by atoms with E-state index in [4.69, 9.17) is 4.52 Å². The number of hydrogen-bond donors (Lipinski definition) is 1. The van der Waals surface area contributed by atoms with Gasteiger partial charge in [-0.05, 0) is 38.1 Å². The molecule has 1 fully saturated rings. The van der Waals surface area contributed by atoms with Crippen LogP contribution < -0.4 is 5.32 Å². The van der Waals surface area contributed by atoms with E-state index in [0.29, 0.717) is 12.4 Å². The van der Waals surface area contributed by atoms with Gasteiger partial charge in [-0.1, -0.05) is 11.6 Å². The number of rotatable bonds is 5. The maximum Gasteiger partial charge on any atom is 0.316 e. The molecule has 0 spiro atoms. The van der Waals surface area contributed by atoms with Crippen LogP contribution in [0.2, 0.25) is 0 Å². The summed E-state index contributed by atoms with van der Waals surface area (Å²) in [5.74, 6) is 0.0198. The summed E-state index contributed by atoms with van der Waals surface area (Å²) in [7, 11) is 0. The van der Waals surface area contributed by atoms with Gasteiger partial charge in [0.15, 0.2) is 0 Å². The molecule has 1 aliphatic rings. The Kier molecular flexibility index (Phi) is 4.75. The summed E-state index contributed by atoms with van der Waals surface area (Å²) in [6.07, 6.45) is 7.08. The number of pyridine rings is 1. The highest BCUT2D eigenvalue weighted by atomic mass is 16.5. The Morgan fingerprint density at radius 2 is 2.18 bits per heavy atom. The average Bonchev–Trinajstić information content (AvgIpc) is 3.07. The first-order chi connectivity index (χ1) is 10.8. The van der Waals surface area contributed by atoms with Crippen LogP contribution in [-0.2, 0) is 0 Å². The molecule has 0 atom stereocenters. The predicted octanol–water partition coefficient (Wildman–Crippen LogP) is 1.35. The molecule has 7 nitrogen and oxygen atoms in total. The minimum Gasteiger partial charge on any atom is -0.347 e. The van der Waals surface area contributed by atoms with E-state index in [0.717, 1.165) is 25.2 Å². The van der Waals surface area contributed by atoms with E-state index >= 15 is 0 Å². The van der Waals surface area contributed by atoms with Gasteiger partial charge < -0.3 is 14.7 Å². The largest absolute Gasteiger partial charge is 0.347 e. The van der Waals surface area contributed by atoms with Gasteiger partial charge in [0.2, 0.25) is 5.82 Å². The van der Waals surface area contributed by atoms with Crippen molar-refractivity contribution in [2.75, 3.05) is 26.2 Å². The van der Waals surface area contributed by atoms with Gasteiger partial charge in [-0.25, -0.2) is 0 Å². The van der Waals surface area contributed by atoms with Crippen molar-refractivity contribution in [2.45, 2.75) is 19.3 Å². The smallest absolute Gasteiger partial charge is 0.316 e. The Labute approximate surface area is 128 Å². The van der Waals surface area contributed by atoms with Crippen LogP contribution in [0.3, 0.4) is 0 Å². The zero-order chi connectivity index (χ0) is 15.2. The van der Waals surface area contributed by atoms with Gasteiger partial charge in [-0.3, -0.25) is 9.78 Å². The van der Waals surface area contributed by atoms with E-state index in [1.54, 1.807) is 18.5 Å². The van der Waals surface area contributed by atoms with Crippen molar-refractivity contribution < 1.29 is 9.32 Å². The standard InChI is InChI=1S/C15H19N5O2/c21-14(17-7-10-20-8-2-1-3-9-20)15-18-13(19-22-15)12-5-4-6-16-11-12/h4-6,11H,1-3,7-10H2,(H,17,21). The lowest BCUT2D eigenvalue weighted by Crippen LogP contribution is -2.37. The predicted molar refractivity (Wildman–Crippen MR) is 80.2 cm³/mol. The maximum atomic E-state index is 12.0. The van der Waals surface area contributed by atoms with Crippen molar-refractivity contribution >= 4 is 5.91 Å². The summed E-state index contributed by atoms with van der Waals surface area (Å²) in [6.45, 7) is 3.67. The molecule has 0 aromatic carbocycles. The highest BCUT2D eigenvalue weighted by molar-refractivity contribution is 5.89. The fourth-order valence-electron chi connectivity index (χ4n) is 2.51. The highest BCUT2D eigenvalue weighted by Gasteiger charge is 2.16. The van der Waals surface area contributed by atoms with Crippen LogP contribution in [0, 0.1) is 0 Å². The molecule has 1 saturated heterocycles. The Morgan fingerprint density at radius 3 is 2.95 bits per heavy atom. The minimum absolute atomic E-state index is 0.0162. The van der Waals surface area contributed by atoms with Crippen molar-refractivity contribution in [3.05, 3.63) is 30.4 Å². The van der Waals surface area contributed by atoms with E-state index in [-0.39, 0.29) is 11.8 Å². The fraction of sp³-hybridized carbons (Fsp3) is 0.467. The average molecular weight is 301 g/mol. The summed E-state index contributed by atoms with van der Waals surface area (Å²) < 4.78 is 5.01. The minimum atomic E-state index is -0.334. The third kappa shape index (κ3) is 3.67. The van der Waals surface area contributed by atoms with Gasteiger partial charge in [0.25, 0.3) is 0 Å². The molecule has 0 saturated carbocycles. The lowest BCUT2D eigenvalue weighted by Gasteiger charge is -2.26. The van der Waals surface area contributed by atoms with Gasteiger partial charge in [-0.15, -0.1) is 0 Å². The number of nitrogens with one attached hydrogen (secondary N) is 1. The molecule has 1 amide bonds. The van der Waals surface area contributed by atoms with Crippen molar-refractivity contribution in [2.24, 2.45) is 0 Å². The Bertz CT molecular complexity index is 607. The summed E-state index contributed by atoms with van der Waals surface area (Å²) in [4.78, 5) is 22.4. The topological polar surface area (TPSA) is 84.2 Å². The number of carbonyl (C=O) groups is 1. The van der Waals surface area contributed by atoms with Crippen molar-refractivity contribution in [1.29, 1.82) is 0 Å². The summed E-state index contributed by atoms with van der Waals surface area (Å²) in [5.41, 5.74) is 0.721. The van der Waals surface area contributed by atoms with Gasteiger partial charge >= 0.3 is 11.8 Å². The molecule has 0 radical (unpaired) electrons. The molecule has 7 heteroatoms. The van der Waals surface area contributed by atoms with Crippen molar-refractivity contribution in [1.82, 2.24) is 25.3 Å². The van der Waals surface area contributed by atoms with Gasteiger partial charge in [0.1, 0.15) is 0 Å². The second-order valence-corrected chi connectivity index (χ2v) is 5.32. The monoisotopic (exact) mass is 301 g/mol. The summed E-state index contributed by atoms with van der Waals surface area (Å²) >= 11 is 0. The normalized spacial score (nSPS) is 15.6. The van der Waals surface area contributed by atoms with Crippen LogP contribution in [0.25, 0.3) is 11.4 Å². The molecule has 2 aromatic heterocycles. The molecule has 3 heterocycles. The molecule has 0 aliphatic carbocycles. The Morgan fingerprint density at radius 1 is 1.32 bits per heavy atom. The molecular formula is C15H19N5O2. The molecular weight excluding hydrogens is 282 g/mol. The van der Waals surface area contributed by atoms with Gasteiger partial charge in [-0.2, -0.15) is 4.98 Å². The number of hydrogen-bond acceptors (Lipinski definition) is 6. The second kappa shape index (κ2) is 7.13. The molecule has 0 bridgehead atoms. The van der Waals surface area contributed by atoms with Crippen LogP contribution in [0.5, 0.6) is 0 Å². The second-order valence-electron chi connectivity index (χ2n) is 5.32. The van der Waals surface area contributed by atoms with Gasteiger partial charge in [0.05, 0.1) is 0 Å². The lowest BCUT2D eigenvalue weighted by atomic mass is 10.1. The zero-order valence-electron chi connectivity index (χ0n) is 12.4. The van der Waals surface area contributed by atoms with Crippen LogP contribution in [0.1, 0.15) is 29.9 Å². The number of amides is 1. The highest BCUT2D eigenvalue weighted by Crippen LogP contribution is 2.13. The quantitative estimate of drug-likeness (QED) is 0.897. The number of aromatic nitrogens is 3. The molecule has 3 rings (SSSR count). The Balaban J connectivity index is 1.51. The zero-order valence-corrected chi connectivity index (χ0v) is 12.4. The SMILES string of the molecule is O=C(NCCN1CCCCC1)c1nc(-c2cccnc2)no1. The third-order valence-electron chi connectivity index (χ3n) is 3.70. The summed E-state index contributed by atoms with van der Waals surface area (Å²) in [5, 5.41) is 6.63. The molecule has 0 unspecified atom stereocenters. The van der Waals surface area contributed by atoms with E-state index < -0.39 is 0 Å².